The van der Waals surface area contributed by atoms with Crippen LogP contribution in [0.1, 0.15) is 27.7 Å². The van der Waals surface area contributed by atoms with E-state index in [0.29, 0.717) is 0 Å². The van der Waals surface area contributed by atoms with Gasteiger partial charge in [0, 0.05) is 11.2 Å². The number of rotatable bonds is 2. The molecule has 0 unspecified atom stereocenters. The van der Waals surface area contributed by atoms with Crippen LogP contribution in [0.2, 0.25) is 0 Å². The molecule has 17 heavy (non-hydrogen) atoms. The van der Waals surface area contributed by atoms with E-state index in [1.165, 1.54) is 0 Å². The van der Waals surface area contributed by atoms with Crippen molar-refractivity contribution in [2.45, 2.75) is 38.9 Å². The van der Waals surface area contributed by atoms with Crippen molar-refractivity contribution in [2.75, 3.05) is 0 Å². The normalized spacial score (nSPS) is 24.5. The molecule has 0 spiro atoms. The van der Waals surface area contributed by atoms with Crippen LogP contribution in [0.3, 0.4) is 0 Å². The molecule has 0 aromatic heterocycles. The van der Waals surface area contributed by atoms with Crippen LogP contribution in [0.15, 0.2) is 42.9 Å². The van der Waals surface area contributed by atoms with Gasteiger partial charge in [0.15, 0.2) is 0 Å². The van der Waals surface area contributed by atoms with Crippen molar-refractivity contribution in [3.63, 3.8) is 0 Å². The van der Waals surface area contributed by atoms with E-state index in [1.807, 2.05) is 30.3 Å². The SMILES string of the molecule is C=C[B-]1(c2ccccc2)OC(C)(C)C(C)(C)O1. The van der Waals surface area contributed by atoms with Gasteiger partial charge in [-0.2, -0.15) is 5.98 Å². The molecule has 1 aromatic carbocycles. The average Bonchev–Trinajstić information content (AvgIpc) is 2.47. The van der Waals surface area contributed by atoms with E-state index in [1.54, 1.807) is 5.98 Å². The fraction of sp³-hybridized carbons (Fsp3) is 0.429. The molecule has 2 nitrogen and oxygen atoms in total. The predicted molar refractivity (Wildman–Crippen MR) is 72.4 cm³/mol. The molecule has 0 bridgehead atoms. The highest BCUT2D eigenvalue weighted by Gasteiger charge is 2.50. The second kappa shape index (κ2) is 3.72. The van der Waals surface area contributed by atoms with Gasteiger partial charge in [0.1, 0.15) is 0 Å². The van der Waals surface area contributed by atoms with E-state index in [4.69, 9.17) is 9.31 Å². The van der Waals surface area contributed by atoms with Crippen LogP contribution in [-0.2, 0) is 9.31 Å². The van der Waals surface area contributed by atoms with Crippen LogP contribution in [0.5, 0.6) is 0 Å². The molecule has 0 atom stereocenters. The summed E-state index contributed by atoms with van der Waals surface area (Å²) < 4.78 is 12.4. The molecule has 1 aliphatic heterocycles. The van der Waals surface area contributed by atoms with Gasteiger partial charge < -0.3 is 9.31 Å². The second-order valence-corrected chi connectivity index (χ2v) is 5.67. The Morgan fingerprint density at radius 3 is 1.88 bits per heavy atom. The summed E-state index contributed by atoms with van der Waals surface area (Å²) in [4.78, 5) is 0. The molecule has 0 N–H and O–H groups in total. The van der Waals surface area contributed by atoms with Crippen molar-refractivity contribution in [3.05, 3.63) is 42.9 Å². The fourth-order valence-electron chi connectivity index (χ4n) is 2.27. The third-order valence-corrected chi connectivity index (χ3v) is 3.96. The van der Waals surface area contributed by atoms with E-state index >= 15 is 0 Å². The molecule has 1 aromatic rings. The van der Waals surface area contributed by atoms with Crippen molar-refractivity contribution < 1.29 is 9.31 Å². The Kier molecular flexibility index (Phi) is 2.72. The zero-order valence-corrected chi connectivity index (χ0v) is 11.1. The van der Waals surface area contributed by atoms with Crippen LogP contribution in [0, 0.1) is 0 Å². The molecular weight excluding hydrogens is 211 g/mol. The maximum absolute atomic E-state index is 6.21. The molecule has 1 saturated heterocycles. The van der Waals surface area contributed by atoms with Gasteiger partial charge in [0.25, 0.3) is 6.55 Å². The summed E-state index contributed by atoms with van der Waals surface area (Å²) in [6, 6.07) is 10.0. The smallest absolute Gasteiger partial charge is 0.292 e. The van der Waals surface area contributed by atoms with Gasteiger partial charge >= 0.3 is 0 Å². The minimum Gasteiger partial charge on any atom is -0.555 e. The van der Waals surface area contributed by atoms with Crippen molar-refractivity contribution in [1.82, 2.24) is 0 Å². The maximum Gasteiger partial charge on any atom is 0.292 e. The molecule has 3 heteroatoms. The lowest BCUT2D eigenvalue weighted by Crippen LogP contribution is -2.49. The Balaban J connectivity index is 2.47. The summed E-state index contributed by atoms with van der Waals surface area (Å²) in [6.07, 6.45) is 0. The Morgan fingerprint density at radius 1 is 1.00 bits per heavy atom. The lowest BCUT2D eigenvalue weighted by Gasteiger charge is -2.36. The summed E-state index contributed by atoms with van der Waals surface area (Å²) in [5.41, 5.74) is 0.370. The summed E-state index contributed by atoms with van der Waals surface area (Å²) >= 11 is 0. The van der Waals surface area contributed by atoms with Gasteiger partial charge in [-0.05, 0) is 27.7 Å². The van der Waals surface area contributed by atoms with Crippen molar-refractivity contribution in [3.8, 4) is 0 Å². The van der Waals surface area contributed by atoms with Gasteiger partial charge in [-0.25, -0.2) is 0 Å². The lowest BCUT2D eigenvalue weighted by molar-refractivity contribution is 0.00578. The largest absolute Gasteiger partial charge is 0.555 e. The number of hydrogen-bond acceptors (Lipinski definition) is 2. The molecule has 0 amide bonds. The highest BCUT2D eigenvalue weighted by molar-refractivity contribution is 6.86. The summed E-state index contributed by atoms with van der Waals surface area (Å²) in [7, 11) is 0. The molecule has 1 aliphatic rings. The number of hydrogen-bond donors (Lipinski definition) is 0. The first kappa shape index (κ1) is 12.4. The third kappa shape index (κ3) is 1.83. The molecule has 0 aliphatic carbocycles. The maximum atomic E-state index is 6.21. The minimum absolute atomic E-state index is 0.336. The Morgan fingerprint density at radius 2 is 1.47 bits per heavy atom. The fourth-order valence-corrected chi connectivity index (χ4v) is 2.27. The first-order valence-corrected chi connectivity index (χ1v) is 6.07. The summed E-state index contributed by atoms with van der Waals surface area (Å²) in [5.74, 6) is 1.80. The minimum atomic E-state index is -1.58. The average molecular weight is 231 g/mol. The van der Waals surface area contributed by atoms with E-state index in [2.05, 4.69) is 34.3 Å². The van der Waals surface area contributed by atoms with Crippen LogP contribution in [0.4, 0.5) is 0 Å². The molecule has 2 rings (SSSR count). The van der Waals surface area contributed by atoms with Crippen LogP contribution < -0.4 is 5.46 Å². The zero-order chi connectivity index (χ0) is 12.7. The van der Waals surface area contributed by atoms with E-state index in [-0.39, 0.29) is 11.2 Å². The molecule has 92 valence electrons. The monoisotopic (exact) mass is 231 g/mol. The standard InChI is InChI=1S/C14H20BO2/c1-6-15(12-10-8-7-9-11-12)16-13(2,3)14(4,5)17-15/h6-11H,1H2,2-5H3/q-1. The first-order valence-electron chi connectivity index (χ1n) is 6.07. The quantitative estimate of drug-likeness (QED) is 0.728. The van der Waals surface area contributed by atoms with Gasteiger partial charge in [-0.1, -0.05) is 30.3 Å². The molecule has 0 saturated carbocycles. The van der Waals surface area contributed by atoms with E-state index in [9.17, 15) is 0 Å². The lowest BCUT2D eigenvalue weighted by atomic mass is 9.52. The summed E-state index contributed by atoms with van der Waals surface area (Å²) in [6.45, 7) is 10.6. The molecule has 1 fully saturated rings. The number of benzene rings is 1. The van der Waals surface area contributed by atoms with E-state index < -0.39 is 6.55 Å². The van der Waals surface area contributed by atoms with Crippen molar-refractivity contribution in [1.29, 1.82) is 0 Å². The summed E-state index contributed by atoms with van der Waals surface area (Å²) in [5, 5.41) is 0. The molecule has 1 heterocycles. The second-order valence-electron chi connectivity index (χ2n) is 5.67. The van der Waals surface area contributed by atoms with Gasteiger partial charge in [-0.15, -0.1) is 12.0 Å². The first-order chi connectivity index (χ1) is 7.83. The highest BCUT2D eigenvalue weighted by atomic mass is 16.7. The third-order valence-electron chi connectivity index (χ3n) is 3.96. The van der Waals surface area contributed by atoms with Crippen LogP contribution in [0.25, 0.3) is 0 Å². The highest BCUT2D eigenvalue weighted by Crippen LogP contribution is 2.41. The van der Waals surface area contributed by atoms with Crippen LogP contribution >= 0.6 is 0 Å². The topological polar surface area (TPSA) is 18.5 Å². The Bertz CT molecular complexity index is 407. The van der Waals surface area contributed by atoms with Crippen molar-refractivity contribution in [2.24, 2.45) is 0 Å². The van der Waals surface area contributed by atoms with E-state index in [0.717, 1.165) is 5.46 Å². The van der Waals surface area contributed by atoms with Crippen molar-refractivity contribution >= 4 is 12.0 Å². The predicted octanol–water partition coefficient (Wildman–Crippen LogP) is 2.67. The van der Waals surface area contributed by atoms with Gasteiger partial charge in [-0.3, -0.25) is 0 Å². The van der Waals surface area contributed by atoms with Gasteiger partial charge in [0.2, 0.25) is 0 Å². The molecular formula is C14H20BO2-. The van der Waals surface area contributed by atoms with Gasteiger partial charge in [0.05, 0.1) is 0 Å². The molecule has 0 radical (unpaired) electrons. The van der Waals surface area contributed by atoms with Crippen LogP contribution in [-0.4, -0.2) is 17.8 Å². The Hall–Kier alpha value is -1.06. The zero-order valence-electron chi connectivity index (χ0n) is 11.1. The Labute approximate surface area is 104 Å².